The summed E-state index contributed by atoms with van der Waals surface area (Å²) in [6, 6.07) is 7.71. The van der Waals surface area contributed by atoms with Crippen LogP contribution in [0.3, 0.4) is 0 Å². The average Bonchev–Trinajstić information content (AvgIpc) is 3.10. The molecule has 5 nitrogen and oxygen atoms in total. The van der Waals surface area contributed by atoms with E-state index in [0.717, 1.165) is 31.2 Å². The maximum Gasteiger partial charge on any atom is 0.244 e. The van der Waals surface area contributed by atoms with Crippen LogP contribution in [-0.4, -0.2) is 23.0 Å². The Balaban J connectivity index is 1.41. The van der Waals surface area contributed by atoms with Crippen molar-refractivity contribution in [2.75, 3.05) is 0 Å². The third-order valence-electron chi connectivity index (χ3n) is 4.13. The molecule has 24 heavy (non-hydrogen) atoms. The number of pyridine rings is 1. The molecule has 0 radical (unpaired) electrons. The lowest BCUT2D eigenvalue weighted by atomic mass is 9.93. The summed E-state index contributed by atoms with van der Waals surface area (Å²) in [6.45, 7) is 2.00. The topological polar surface area (TPSA) is 64.4 Å². The third-order valence-corrected chi connectivity index (χ3v) is 4.13. The number of carbonyl (C=O) groups is 1. The van der Waals surface area contributed by atoms with Gasteiger partial charge in [-0.2, -0.15) is 0 Å². The number of hydrogen-bond acceptors (Lipinski definition) is 4. The fraction of sp³-hybridized carbons (Fsp3) is 0.368. The van der Waals surface area contributed by atoms with Crippen LogP contribution in [0.4, 0.5) is 0 Å². The van der Waals surface area contributed by atoms with Crippen molar-refractivity contribution in [1.82, 2.24) is 10.3 Å². The summed E-state index contributed by atoms with van der Waals surface area (Å²) in [5.74, 6) is 1.26. The molecule has 0 unspecified atom stereocenters. The largest absolute Gasteiger partial charge is 0.474 e. The Morgan fingerprint density at radius 2 is 2.12 bits per heavy atom. The molecule has 2 heterocycles. The molecule has 0 saturated heterocycles. The summed E-state index contributed by atoms with van der Waals surface area (Å²) in [4.78, 5) is 16.2. The number of nitrogens with zero attached hydrogens (tertiary/aromatic N) is 1. The molecule has 1 fully saturated rings. The van der Waals surface area contributed by atoms with Crippen molar-refractivity contribution in [3.05, 3.63) is 54.1 Å². The lowest BCUT2D eigenvalue weighted by Crippen LogP contribution is -2.39. The zero-order valence-corrected chi connectivity index (χ0v) is 13.8. The highest BCUT2D eigenvalue weighted by Gasteiger charge is 2.23. The highest BCUT2D eigenvalue weighted by molar-refractivity contribution is 5.91. The lowest BCUT2D eigenvalue weighted by Gasteiger charge is -2.28. The first-order valence-corrected chi connectivity index (χ1v) is 8.30. The number of carbonyl (C=O) groups excluding carboxylic acids is 1. The van der Waals surface area contributed by atoms with Crippen molar-refractivity contribution in [2.24, 2.45) is 0 Å². The molecule has 0 spiro atoms. The van der Waals surface area contributed by atoms with Crippen molar-refractivity contribution in [3.8, 4) is 5.88 Å². The quantitative estimate of drug-likeness (QED) is 0.854. The van der Waals surface area contributed by atoms with Crippen LogP contribution in [-0.2, 0) is 4.79 Å². The number of nitrogens with one attached hydrogen (secondary N) is 1. The Labute approximate surface area is 141 Å². The SMILES string of the molecule is Cc1ccc(OC2CCC(NC(=O)/C=C/c3ccco3)CC2)nc1. The summed E-state index contributed by atoms with van der Waals surface area (Å²) in [5, 5.41) is 3.03. The van der Waals surface area contributed by atoms with Crippen LogP contribution in [0.2, 0.25) is 0 Å². The van der Waals surface area contributed by atoms with Crippen molar-refractivity contribution < 1.29 is 13.9 Å². The number of furan rings is 1. The second kappa shape index (κ2) is 7.81. The molecular weight excluding hydrogens is 304 g/mol. The molecule has 0 atom stereocenters. The number of aryl methyl sites for hydroxylation is 1. The van der Waals surface area contributed by atoms with Gasteiger partial charge in [-0.3, -0.25) is 4.79 Å². The Morgan fingerprint density at radius 3 is 2.79 bits per heavy atom. The number of hydrogen-bond donors (Lipinski definition) is 1. The number of ether oxygens (including phenoxy) is 1. The van der Waals surface area contributed by atoms with Gasteiger partial charge < -0.3 is 14.5 Å². The van der Waals surface area contributed by atoms with E-state index in [2.05, 4.69) is 10.3 Å². The van der Waals surface area contributed by atoms with Crippen LogP contribution < -0.4 is 10.1 Å². The van der Waals surface area contributed by atoms with Gasteiger partial charge in [0.05, 0.1) is 6.26 Å². The van der Waals surface area contributed by atoms with E-state index in [4.69, 9.17) is 9.15 Å². The van der Waals surface area contributed by atoms with E-state index in [-0.39, 0.29) is 18.1 Å². The fourth-order valence-electron chi connectivity index (χ4n) is 2.81. The van der Waals surface area contributed by atoms with Crippen LogP contribution in [0.1, 0.15) is 37.0 Å². The van der Waals surface area contributed by atoms with Gasteiger partial charge in [0, 0.05) is 24.4 Å². The van der Waals surface area contributed by atoms with Crippen molar-refractivity contribution >= 4 is 12.0 Å². The monoisotopic (exact) mass is 326 g/mol. The Kier molecular flexibility index (Phi) is 5.31. The van der Waals surface area contributed by atoms with Gasteiger partial charge in [0.15, 0.2) is 0 Å². The van der Waals surface area contributed by atoms with Crippen LogP contribution in [0.25, 0.3) is 6.08 Å². The minimum Gasteiger partial charge on any atom is -0.474 e. The van der Waals surface area contributed by atoms with Crippen LogP contribution in [0.15, 0.2) is 47.2 Å². The second-order valence-corrected chi connectivity index (χ2v) is 6.12. The van der Waals surface area contributed by atoms with Crippen molar-refractivity contribution in [3.63, 3.8) is 0 Å². The van der Waals surface area contributed by atoms with Gasteiger partial charge in [-0.25, -0.2) is 4.98 Å². The molecular formula is C19H22N2O3. The maximum atomic E-state index is 11.9. The molecule has 1 aliphatic carbocycles. The minimum atomic E-state index is -0.0871. The van der Waals surface area contributed by atoms with Gasteiger partial charge >= 0.3 is 0 Å². The van der Waals surface area contributed by atoms with Gasteiger partial charge in [0.1, 0.15) is 11.9 Å². The number of rotatable bonds is 5. The molecule has 5 heteroatoms. The molecule has 0 bridgehead atoms. The molecule has 0 aromatic carbocycles. The molecule has 1 aliphatic rings. The first kappa shape index (κ1) is 16.3. The normalized spacial score (nSPS) is 20.9. The predicted molar refractivity (Wildman–Crippen MR) is 91.5 cm³/mol. The Bertz CT molecular complexity index is 669. The van der Waals surface area contributed by atoms with Gasteiger partial charge in [0.2, 0.25) is 11.8 Å². The smallest absolute Gasteiger partial charge is 0.244 e. The molecule has 1 N–H and O–H groups in total. The summed E-state index contributed by atoms with van der Waals surface area (Å²) in [5.41, 5.74) is 1.12. The molecule has 1 amide bonds. The molecule has 2 aromatic rings. The second-order valence-electron chi connectivity index (χ2n) is 6.12. The predicted octanol–water partition coefficient (Wildman–Crippen LogP) is 3.50. The molecule has 1 saturated carbocycles. The number of amides is 1. The highest BCUT2D eigenvalue weighted by Crippen LogP contribution is 2.23. The summed E-state index contributed by atoms with van der Waals surface area (Å²) in [6.07, 6.45) is 10.4. The standard InChI is InChI=1S/C19H22N2O3/c1-14-4-11-19(20-13-14)24-17-7-5-15(6-8-17)21-18(22)10-9-16-3-2-12-23-16/h2-4,9-13,15,17H,5-8H2,1H3,(H,21,22)/b10-9+. The van der Waals surface area contributed by atoms with Gasteiger partial charge in [-0.15, -0.1) is 0 Å². The zero-order chi connectivity index (χ0) is 16.8. The van der Waals surface area contributed by atoms with Gasteiger partial charge in [0.25, 0.3) is 0 Å². The summed E-state index contributed by atoms with van der Waals surface area (Å²) < 4.78 is 11.1. The average molecular weight is 326 g/mol. The van der Waals surface area contributed by atoms with E-state index < -0.39 is 0 Å². The Morgan fingerprint density at radius 1 is 1.29 bits per heavy atom. The van der Waals surface area contributed by atoms with Crippen molar-refractivity contribution in [1.29, 1.82) is 0 Å². The van der Waals surface area contributed by atoms with Crippen LogP contribution in [0.5, 0.6) is 5.88 Å². The summed E-state index contributed by atoms with van der Waals surface area (Å²) >= 11 is 0. The first-order chi connectivity index (χ1) is 11.7. The van der Waals surface area contributed by atoms with Gasteiger partial charge in [-0.05, 0) is 56.4 Å². The highest BCUT2D eigenvalue weighted by atomic mass is 16.5. The van der Waals surface area contributed by atoms with Crippen LogP contribution in [0, 0.1) is 6.92 Å². The lowest BCUT2D eigenvalue weighted by molar-refractivity contribution is -0.117. The minimum absolute atomic E-state index is 0.0871. The zero-order valence-electron chi connectivity index (χ0n) is 13.8. The Hall–Kier alpha value is -2.56. The van der Waals surface area contributed by atoms with E-state index >= 15 is 0 Å². The molecule has 3 rings (SSSR count). The third kappa shape index (κ3) is 4.72. The van der Waals surface area contributed by atoms with E-state index in [9.17, 15) is 4.79 Å². The van der Waals surface area contributed by atoms with E-state index in [1.807, 2.05) is 31.3 Å². The van der Waals surface area contributed by atoms with E-state index in [0.29, 0.717) is 11.6 Å². The molecule has 0 aliphatic heterocycles. The summed E-state index contributed by atoms with van der Waals surface area (Å²) in [7, 11) is 0. The first-order valence-electron chi connectivity index (χ1n) is 8.30. The van der Waals surface area contributed by atoms with E-state index in [1.165, 1.54) is 6.08 Å². The van der Waals surface area contributed by atoms with Crippen molar-refractivity contribution in [2.45, 2.75) is 44.8 Å². The fourth-order valence-corrected chi connectivity index (χ4v) is 2.81. The van der Waals surface area contributed by atoms with Crippen LogP contribution >= 0.6 is 0 Å². The van der Waals surface area contributed by atoms with E-state index in [1.54, 1.807) is 18.4 Å². The maximum absolute atomic E-state index is 11.9. The molecule has 126 valence electrons. The van der Waals surface area contributed by atoms with Gasteiger partial charge in [-0.1, -0.05) is 6.07 Å². The molecule has 2 aromatic heterocycles. The number of aromatic nitrogens is 1.